The Morgan fingerprint density at radius 3 is 2.20 bits per heavy atom. The maximum Gasteiger partial charge on any atom is 0.342 e. The summed E-state index contributed by atoms with van der Waals surface area (Å²) in [7, 11) is 0. The van der Waals surface area contributed by atoms with Gasteiger partial charge in [-0.1, -0.05) is 38.1 Å². The van der Waals surface area contributed by atoms with Crippen LogP contribution in [0.5, 0.6) is 0 Å². The number of Topliss-reactive ketones (excluding diaryl/α,β-unsaturated/α-hetero) is 1. The smallest absolute Gasteiger partial charge is 0.342 e. The van der Waals surface area contributed by atoms with E-state index in [1.165, 1.54) is 19.1 Å². The number of esters is 1. The van der Waals surface area contributed by atoms with Gasteiger partial charge in [0.2, 0.25) is 0 Å². The minimum atomic E-state index is -0.635. The molecule has 0 fully saturated rings. The fourth-order valence-electron chi connectivity index (χ4n) is 1.29. The van der Waals surface area contributed by atoms with E-state index >= 15 is 0 Å². The van der Waals surface area contributed by atoms with Gasteiger partial charge in [0.25, 0.3) is 0 Å². The van der Waals surface area contributed by atoms with Crippen molar-refractivity contribution < 1.29 is 14.3 Å². The minimum absolute atomic E-state index is 0.0203. The normalized spacial score (nSPS) is 13.6. The zero-order valence-corrected chi connectivity index (χ0v) is 13.6. The lowest BCUT2D eigenvalue weighted by atomic mass is 10.0. The first-order valence-corrected chi connectivity index (χ1v) is 7.03. The number of hydrogen-bond donors (Lipinski definition) is 0. The molecule has 0 amide bonds. The van der Waals surface area contributed by atoms with Gasteiger partial charge in [0.05, 0.1) is 0 Å². The van der Waals surface area contributed by atoms with E-state index in [9.17, 15) is 9.59 Å². The molecule has 0 heterocycles. The topological polar surface area (TPSA) is 43.4 Å². The number of carbonyl (C=O) groups excluding carboxylic acids is 2. The Hall–Kier alpha value is -1.35. The third-order valence-electron chi connectivity index (χ3n) is 2.96. The predicted molar refractivity (Wildman–Crippen MR) is 82.6 cm³/mol. The van der Waals surface area contributed by atoms with Crippen molar-refractivity contribution >= 4 is 23.4 Å². The second-order valence-corrected chi connectivity index (χ2v) is 5.49. The first-order valence-electron chi connectivity index (χ1n) is 6.65. The maximum absolute atomic E-state index is 12.1. The quantitative estimate of drug-likeness (QED) is 0.231. The summed E-state index contributed by atoms with van der Waals surface area (Å²) < 4.78 is 5.34. The number of ketones is 1. The third kappa shape index (κ3) is 5.74. The molecule has 0 saturated heterocycles. The Kier molecular flexibility index (Phi) is 7.51. The van der Waals surface area contributed by atoms with Crippen LogP contribution in [0.2, 0.25) is 0 Å². The van der Waals surface area contributed by atoms with Gasteiger partial charge in [0.15, 0.2) is 5.78 Å². The SMILES string of the molecule is C=CC(C=C(C(C)=O)C(=O)OC(C)(C)CC)=C(Cl)CC. The average molecular weight is 299 g/mol. The molecule has 0 unspecified atom stereocenters. The van der Waals surface area contributed by atoms with Gasteiger partial charge in [-0.3, -0.25) is 4.79 Å². The summed E-state index contributed by atoms with van der Waals surface area (Å²) in [5.74, 6) is -0.994. The molecule has 3 nitrogen and oxygen atoms in total. The van der Waals surface area contributed by atoms with E-state index in [-0.39, 0.29) is 11.4 Å². The predicted octanol–water partition coefficient (Wildman–Crippen LogP) is 4.32. The molecule has 0 aliphatic rings. The van der Waals surface area contributed by atoms with Crippen LogP contribution >= 0.6 is 11.6 Å². The lowest BCUT2D eigenvalue weighted by molar-refractivity contribution is -0.152. The highest BCUT2D eigenvalue weighted by atomic mass is 35.5. The molecule has 0 N–H and O–H groups in total. The molecule has 4 heteroatoms. The Bertz CT molecular complexity index is 456. The van der Waals surface area contributed by atoms with Gasteiger partial charge in [-0.05, 0) is 45.3 Å². The zero-order valence-electron chi connectivity index (χ0n) is 12.9. The number of allylic oxidation sites excluding steroid dienone is 4. The molecule has 0 aromatic rings. The lowest BCUT2D eigenvalue weighted by Gasteiger charge is -2.23. The summed E-state index contributed by atoms with van der Waals surface area (Å²) in [5, 5.41) is 0.543. The van der Waals surface area contributed by atoms with Gasteiger partial charge in [-0.15, -0.1) is 0 Å². The highest BCUT2D eigenvalue weighted by molar-refractivity contribution is 6.30. The second kappa shape index (κ2) is 8.05. The summed E-state index contributed by atoms with van der Waals surface area (Å²) in [6, 6.07) is 0. The zero-order chi connectivity index (χ0) is 15.9. The summed E-state index contributed by atoms with van der Waals surface area (Å²) >= 11 is 6.05. The van der Waals surface area contributed by atoms with Gasteiger partial charge in [-0.25, -0.2) is 4.79 Å². The van der Waals surface area contributed by atoms with E-state index in [2.05, 4.69) is 6.58 Å². The molecule has 112 valence electrons. The summed E-state index contributed by atoms with van der Waals surface area (Å²) in [6.07, 6.45) is 4.21. The second-order valence-electron chi connectivity index (χ2n) is 5.03. The van der Waals surface area contributed by atoms with Crippen LogP contribution in [-0.4, -0.2) is 17.4 Å². The molecule has 20 heavy (non-hydrogen) atoms. The van der Waals surface area contributed by atoms with Crippen molar-refractivity contribution in [3.05, 3.63) is 34.9 Å². The number of rotatable bonds is 7. The molecule has 0 rings (SSSR count). The molecule has 0 spiro atoms. The fraction of sp³-hybridized carbons (Fsp3) is 0.500. The van der Waals surface area contributed by atoms with Crippen molar-refractivity contribution in [1.82, 2.24) is 0 Å². The van der Waals surface area contributed by atoms with Crippen LogP contribution < -0.4 is 0 Å². The summed E-state index contributed by atoms with van der Waals surface area (Å²) in [5.41, 5.74) is -0.0725. The van der Waals surface area contributed by atoms with Crippen molar-refractivity contribution in [1.29, 1.82) is 0 Å². The number of ether oxygens (including phenoxy) is 1. The van der Waals surface area contributed by atoms with Gasteiger partial charge in [0, 0.05) is 5.03 Å². The molecule has 0 bridgehead atoms. The average Bonchev–Trinajstić information content (AvgIpc) is 2.37. The minimum Gasteiger partial charge on any atom is -0.456 e. The van der Waals surface area contributed by atoms with Crippen LogP contribution in [0.25, 0.3) is 0 Å². The van der Waals surface area contributed by atoms with Crippen LogP contribution in [0.1, 0.15) is 47.5 Å². The van der Waals surface area contributed by atoms with Gasteiger partial charge in [-0.2, -0.15) is 0 Å². The van der Waals surface area contributed by atoms with E-state index in [0.717, 1.165) is 0 Å². The largest absolute Gasteiger partial charge is 0.456 e. The molecule has 0 saturated carbocycles. The fourth-order valence-corrected chi connectivity index (χ4v) is 1.42. The molecular formula is C16H23ClO3. The number of carbonyl (C=O) groups is 2. The van der Waals surface area contributed by atoms with Crippen LogP contribution in [0, 0.1) is 0 Å². The van der Waals surface area contributed by atoms with E-state index in [1.54, 1.807) is 13.8 Å². The van der Waals surface area contributed by atoms with E-state index < -0.39 is 11.6 Å². The van der Waals surface area contributed by atoms with Crippen LogP contribution in [0.15, 0.2) is 34.9 Å². The van der Waals surface area contributed by atoms with E-state index in [4.69, 9.17) is 16.3 Å². The Labute approximate surface area is 126 Å². The molecule has 0 atom stereocenters. The summed E-state index contributed by atoms with van der Waals surface area (Å²) in [6.45, 7) is 12.4. The maximum atomic E-state index is 12.1. The van der Waals surface area contributed by atoms with Crippen molar-refractivity contribution in [2.45, 2.75) is 53.1 Å². The van der Waals surface area contributed by atoms with Crippen LogP contribution in [-0.2, 0) is 14.3 Å². The van der Waals surface area contributed by atoms with Gasteiger partial charge in [0.1, 0.15) is 11.2 Å². The Balaban J connectivity index is 5.52. The summed E-state index contributed by atoms with van der Waals surface area (Å²) in [4.78, 5) is 23.8. The standard InChI is InChI=1S/C16H23ClO3/c1-7-12(14(17)8-2)10-13(11(4)18)15(19)20-16(5,6)9-3/h7,10H,1,8-9H2,2-6H3. The Morgan fingerprint density at radius 2 is 1.85 bits per heavy atom. The highest BCUT2D eigenvalue weighted by Gasteiger charge is 2.25. The van der Waals surface area contributed by atoms with Gasteiger partial charge >= 0.3 is 5.97 Å². The highest BCUT2D eigenvalue weighted by Crippen LogP contribution is 2.20. The molecule has 0 aliphatic carbocycles. The van der Waals surface area contributed by atoms with E-state index in [1.807, 2.05) is 13.8 Å². The van der Waals surface area contributed by atoms with Crippen molar-refractivity contribution in [2.24, 2.45) is 0 Å². The monoisotopic (exact) mass is 298 g/mol. The van der Waals surface area contributed by atoms with E-state index in [0.29, 0.717) is 23.4 Å². The Morgan fingerprint density at radius 1 is 1.30 bits per heavy atom. The van der Waals surface area contributed by atoms with Crippen LogP contribution in [0.3, 0.4) is 0 Å². The third-order valence-corrected chi connectivity index (χ3v) is 3.45. The van der Waals surface area contributed by atoms with Crippen LogP contribution in [0.4, 0.5) is 0 Å². The van der Waals surface area contributed by atoms with Gasteiger partial charge < -0.3 is 4.74 Å². The molecule has 0 aliphatic heterocycles. The lowest BCUT2D eigenvalue weighted by Crippen LogP contribution is -2.29. The van der Waals surface area contributed by atoms with Crippen molar-refractivity contribution in [2.75, 3.05) is 0 Å². The first kappa shape index (κ1) is 18.7. The first-order chi connectivity index (χ1) is 9.18. The number of hydrogen-bond acceptors (Lipinski definition) is 3. The number of halogens is 1. The molecular weight excluding hydrogens is 276 g/mol. The van der Waals surface area contributed by atoms with Crippen molar-refractivity contribution in [3.63, 3.8) is 0 Å². The molecule has 0 radical (unpaired) electrons. The molecule has 0 aromatic carbocycles. The molecule has 0 aromatic heterocycles. The van der Waals surface area contributed by atoms with Crippen molar-refractivity contribution in [3.8, 4) is 0 Å².